The predicted molar refractivity (Wildman–Crippen MR) is 212 cm³/mol. The molecule has 282 valence electrons. The zero-order valence-electron chi connectivity index (χ0n) is 32.3. The maximum Gasteiger partial charge on any atom is 0.314 e. The highest BCUT2D eigenvalue weighted by atomic mass is 16.6. The average Bonchev–Trinajstić information content (AvgIpc) is 3.10. The molecular formula is C45H66O6. The van der Waals surface area contributed by atoms with E-state index in [4.69, 9.17) is 9.47 Å². The van der Waals surface area contributed by atoms with Crippen LogP contribution in [-0.4, -0.2) is 35.7 Å². The number of allylic oxidation sites excluding steroid dienone is 3. The number of Topliss-reactive ketones (excluding diaryl/α,β-unsaturated/α-hetero) is 2. The summed E-state index contributed by atoms with van der Waals surface area (Å²) in [4.78, 5) is 48.1. The van der Waals surface area contributed by atoms with Crippen LogP contribution in [0.5, 0.6) is 0 Å². The van der Waals surface area contributed by atoms with Crippen LogP contribution in [0.2, 0.25) is 0 Å². The van der Waals surface area contributed by atoms with Crippen molar-refractivity contribution in [2.75, 3.05) is 6.61 Å². The van der Waals surface area contributed by atoms with Gasteiger partial charge >= 0.3 is 11.9 Å². The van der Waals surface area contributed by atoms with Crippen molar-refractivity contribution >= 4 is 34.3 Å². The highest BCUT2D eigenvalue weighted by Crippen LogP contribution is 2.21. The molecule has 0 N–H and O–H groups in total. The Morgan fingerprint density at radius 2 is 1.35 bits per heavy atom. The van der Waals surface area contributed by atoms with E-state index in [2.05, 4.69) is 26.2 Å². The number of ketones is 2. The van der Waals surface area contributed by atoms with Gasteiger partial charge in [0.05, 0.1) is 6.61 Å². The van der Waals surface area contributed by atoms with Crippen molar-refractivity contribution in [3.8, 4) is 0 Å². The van der Waals surface area contributed by atoms with Crippen molar-refractivity contribution in [2.45, 2.75) is 155 Å². The molecule has 51 heavy (non-hydrogen) atoms. The largest absolute Gasteiger partial charge is 0.465 e. The minimum absolute atomic E-state index is 0.0192. The van der Waals surface area contributed by atoms with Crippen LogP contribution in [0.3, 0.4) is 0 Å². The van der Waals surface area contributed by atoms with Crippen molar-refractivity contribution < 1.29 is 28.7 Å². The molecule has 0 fully saturated rings. The van der Waals surface area contributed by atoms with E-state index >= 15 is 0 Å². The van der Waals surface area contributed by atoms with Gasteiger partial charge in [0.2, 0.25) is 0 Å². The van der Waals surface area contributed by atoms with E-state index in [0.717, 1.165) is 55.7 Å². The number of unbranched alkanes of at least 4 members (excludes halogenated alkanes) is 12. The second-order valence-corrected chi connectivity index (χ2v) is 14.0. The summed E-state index contributed by atoms with van der Waals surface area (Å²) in [5.74, 6) is -1.08. The Morgan fingerprint density at radius 1 is 0.725 bits per heavy atom. The Hall–Kier alpha value is -3.80. The molecule has 0 aliphatic rings. The molecule has 1 unspecified atom stereocenters. The lowest BCUT2D eigenvalue weighted by molar-refractivity contribution is -0.155. The zero-order valence-corrected chi connectivity index (χ0v) is 32.3. The molecule has 2 aromatic rings. The smallest absolute Gasteiger partial charge is 0.314 e. The van der Waals surface area contributed by atoms with E-state index in [0.29, 0.717) is 25.0 Å². The molecule has 0 amide bonds. The third kappa shape index (κ3) is 22.6. The maximum absolute atomic E-state index is 12.3. The van der Waals surface area contributed by atoms with E-state index in [1.807, 2.05) is 63.2 Å². The molecule has 6 nitrogen and oxygen atoms in total. The topological polar surface area (TPSA) is 86.7 Å². The molecule has 1 atom stereocenters. The summed E-state index contributed by atoms with van der Waals surface area (Å²) in [6.45, 7) is 16.0. The van der Waals surface area contributed by atoms with E-state index in [1.54, 1.807) is 12.1 Å². The van der Waals surface area contributed by atoms with E-state index in [1.165, 1.54) is 56.9 Å². The van der Waals surface area contributed by atoms with E-state index in [-0.39, 0.29) is 24.4 Å². The fourth-order valence-electron chi connectivity index (χ4n) is 5.60. The Morgan fingerprint density at radius 3 is 2.00 bits per heavy atom. The van der Waals surface area contributed by atoms with Gasteiger partial charge in [0.1, 0.15) is 24.2 Å². The third-order valence-electron chi connectivity index (χ3n) is 8.81. The summed E-state index contributed by atoms with van der Waals surface area (Å²) in [6, 6.07) is 13.4. The standard InChI is InChI=1S/C23H28O3.C22H38O3/c1-2-3-4-5-6-7-8-11-16-26-23(25)18-22(24)21-15-14-19-12-9-10-13-20(19)17-21;1-6-8-9-10-11-12-13-16-20(23)18-21(24)25-22(5,7-2)17-14-15-19(3)4/h2,9-10,12-15,17H,1,3-8,11,16,18H2;7,15H,2,6,8-14,16-18H2,1,3-5H3. The zero-order chi connectivity index (χ0) is 37.7. The van der Waals surface area contributed by atoms with Gasteiger partial charge in [-0.3, -0.25) is 19.2 Å². The normalized spacial score (nSPS) is 11.8. The van der Waals surface area contributed by atoms with E-state index in [9.17, 15) is 19.2 Å². The fourth-order valence-corrected chi connectivity index (χ4v) is 5.60. The first-order valence-corrected chi connectivity index (χ1v) is 19.3. The van der Waals surface area contributed by atoms with Crippen molar-refractivity contribution in [3.05, 3.63) is 85.0 Å². The highest BCUT2D eigenvalue weighted by Gasteiger charge is 2.25. The fraction of sp³-hybridized carbons (Fsp3) is 0.556. The van der Waals surface area contributed by atoms with Crippen LogP contribution in [0.4, 0.5) is 0 Å². The number of benzene rings is 2. The number of hydrogen-bond donors (Lipinski definition) is 0. The number of carbonyl (C=O) groups is 4. The highest BCUT2D eigenvalue weighted by molar-refractivity contribution is 6.07. The van der Waals surface area contributed by atoms with E-state index < -0.39 is 17.5 Å². The Kier molecular flexibility index (Phi) is 24.7. The molecular weight excluding hydrogens is 636 g/mol. The molecule has 0 aliphatic carbocycles. The molecule has 6 heteroatoms. The molecule has 0 spiro atoms. The quantitative estimate of drug-likeness (QED) is 0.0303. The molecule has 2 rings (SSSR count). The van der Waals surface area contributed by atoms with Gasteiger partial charge in [-0.1, -0.05) is 132 Å². The molecule has 0 bridgehead atoms. The summed E-state index contributed by atoms with van der Waals surface area (Å²) in [5.41, 5.74) is 1.09. The molecule has 0 saturated carbocycles. The lowest BCUT2D eigenvalue weighted by atomic mass is 9.99. The summed E-state index contributed by atoms with van der Waals surface area (Å²) in [7, 11) is 0. The van der Waals surface area contributed by atoms with Crippen molar-refractivity contribution in [1.29, 1.82) is 0 Å². The predicted octanol–water partition coefficient (Wildman–Crippen LogP) is 12.2. The van der Waals surface area contributed by atoms with Crippen LogP contribution in [0.1, 0.15) is 160 Å². The van der Waals surface area contributed by atoms with Gasteiger partial charge in [-0.15, -0.1) is 6.58 Å². The minimum atomic E-state index is -0.706. The van der Waals surface area contributed by atoms with Gasteiger partial charge in [0.15, 0.2) is 5.78 Å². The maximum atomic E-state index is 12.3. The summed E-state index contributed by atoms with van der Waals surface area (Å²) < 4.78 is 10.7. The van der Waals surface area contributed by atoms with Crippen LogP contribution >= 0.6 is 0 Å². The number of rotatable bonds is 27. The molecule has 0 heterocycles. The van der Waals surface area contributed by atoms with Crippen LogP contribution in [0, 0.1) is 0 Å². The second-order valence-electron chi connectivity index (χ2n) is 14.0. The van der Waals surface area contributed by atoms with Gasteiger partial charge in [-0.25, -0.2) is 0 Å². The van der Waals surface area contributed by atoms with Crippen molar-refractivity contribution in [2.24, 2.45) is 0 Å². The van der Waals surface area contributed by atoms with Crippen LogP contribution < -0.4 is 0 Å². The van der Waals surface area contributed by atoms with Crippen LogP contribution in [-0.2, 0) is 23.9 Å². The van der Waals surface area contributed by atoms with Gasteiger partial charge in [-0.2, -0.15) is 0 Å². The second kappa shape index (κ2) is 27.9. The number of carbonyl (C=O) groups excluding carboxylic acids is 4. The summed E-state index contributed by atoms with van der Waals surface area (Å²) in [6.07, 6.45) is 23.4. The van der Waals surface area contributed by atoms with Gasteiger partial charge in [0.25, 0.3) is 0 Å². The van der Waals surface area contributed by atoms with Crippen LogP contribution in [0.15, 0.2) is 79.4 Å². The molecule has 0 radical (unpaired) electrons. The average molecular weight is 703 g/mol. The first-order chi connectivity index (χ1) is 24.5. The minimum Gasteiger partial charge on any atom is -0.465 e. The monoisotopic (exact) mass is 702 g/mol. The lowest BCUT2D eigenvalue weighted by Crippen LogP contribution is -2.30. The molecule has 0 aromatic heterocycles. The molecule has 2 aromatic carbocycles. The molecule has 0 saturated heterocycles. The molecule has 0 aliphatic heterocycles. The van der Waals surface area contributed by atoms with Crippen molar-refractivity contribution in [3.63, 3.8) is 0 Å². The number of fused-ring (bicyclic) bond motifs is 1. The van der Waals surface area contributed by atoms with Gasteiger partial charge in [-0.05, 0) is 82.2 Å². The number of hydrogen-bond acceptors (Lipinski definition) is 6. The Bertz CT molecular complexity index is 1370. The number of ether oxygens (including phenoxy) is 2. The first-order valence-electron chi connectivity index (χ1n) is 19.3. The Labute approximate surface area is 309 Å². The number of esters is 2. The first kappa shape index (κ1) is 45.2. The van der Waals surface area contributed by atoms with Gasteiger partial charge < -0.3 is 9.47 Å². The summed E-state index contributed by atoms with van der Waals surface area (Å²) in [5, 5.41) is 2.08. The summed E-state index contributed by atoms with van der Waals surface area (Å²) >= 11 is 0. The SMILES string of the molecule is C=CC(C)(CCC=C(C)C)OC(=O)CC(=O)CCCCCCCCC.C=CCCCCCCCCOC(=O)CC(=O)c1ccc2ccccc2c1. The lowest BCUT2D eigenvalue weighted by Gasteiger charge is -2.25. The van der Waals surface area contributed by atoms with Crippen molar-refractivity contribution in [1.82, 2.24) is 0 Å². The van der Waals surface area contributed by atoms with Gasteiger partial charge in [0, 0.05) is 12.0 Å². The third-order valence-corrected chi connectivity index (χ3v) is 8.81. The Balaban J connectivity index is 0.000000511. The van der Waals surface area contributed by atoms with Crippen LogP contribution in [0.25, 0.3) is 10.8 Å².